The number of benzene rings is 2. The molecule has 154 valence electrons. The molecule has 0 aliphatic carbocycles. The lowest BCUT2D eigenvalue weighted by Gasteiger charge is -2.38. The zero-order valence-electron chi connectivity index (χ0n) is 16.9. The molecule has 0 bridgehead atoms. The minimum atomic E-state index is -1.05. The topological polar surface area (TPSA) is 82.1 Å². The Bertz CT molecular complexity index is 876. The molecular formula is C22H27N3O4. The van der Waals surface area contributed by atoms with Gasteiger partial charge >= 0.3 is 5.97 Å². The molecule has 2 aromatic carbocycles. The van der Waals surface area contributed by atoms with Crippen LogP contribution in [0.2, 0.25) is 0 Å². The van der Waals surface area contributed by atoms with Crippen molar-refractivity contribution >= 4 is 28.9 Å². The van der Waals surface area contributed by atoms with Crippen LogP contribution in [-0.4, -0.2) is 49.8 Å². The number of hydrogen-bond donors (Lipinski definition) is 2. The van der Waals surface area contributed by atoms with Crippen molar-refractivity contribution in [2.45, 2.75) is 20.3 Å². The van der Waals surface area contributed by atoms with Gasteiger partial charge < -0.3 is 25.0 Å². The molecule has 1 amide bonds. The maximum Gasteiger partial charge on any atom is 0.337 e. The zero-order valence-corrected chi connectivity index (χ0v) is 16.9. The number of carboxylic acid groups (broad SMARTS) is 1. The number of piperazine rings is 1. The number of para-hydroxylation sites is 2. The number of hydrogen-bond acceptors (Lipinski definition) is 5. The van der Waals surface area contributed by atoms with Gasteiger partial charge in [-0.15, -0.1) is 0 Å². The molecule has 7 nitrogen and oxygen atoms in total. The van der Waals surface area contributed by atoms with E-state index in [1.54, 1.807) is 19.1 Å². The van der Waals surface area contributed by atoms with Crippen LogP contribution in [0, 0.1) is 0 Å². The summed E-state index contributed by atoms with van der Waals surface area (Å²) in [5.74, 6) is -0.378. The largest absolute Gasteiger partial charge is 0.492 e. The first-order valence-electron chi connectivity index (χ1n) is 9.92. The van der Waals surface area contributed by atoms with E-state index in [0.29, 0.717) is 18.7 Å². The number of aromatic carboxylic acids is 1. The second-order valence-corrected chi connectivity index (χ2v) is 6.81. The van der Waals surface area contributed by atoms with Crippen LogP contribution in [0.1, 0.15) is 30.6 Å². The molecule has 1 heterocycles. The van der Waals surface area contributed by atoms with Gasteiger partial charge in [0.2, 0.25) is 5.91 Å². The lowest BCUT2D eigenvalue weighted by molar-refractivity contribution is -0.115. The van der Waals surface area contributed by atoms with Crippen molar-refractivity contribution in [2.24, 2.45) is 0 Å². The number of rotatable bonds is 7. The third kappa shape index (κ3) is 4.80. The average molecular weight is 397 g/mol. The van der Waals surface area contributed by atoms with Crippen molar-refractivity contribution in [2.75, 3.05) is 47.9 Å². The predicted molar refractivity (Wildman–Crippen MR) is 114 cm³/mol. The normalized spacial score (nSPS) is 13.9. The van der Waals surface area contributed by atoms with Gasteiger partial charge in [-0.3, -0.25) is 4.79 Å². The Balaban J connectivity index is 1.73. The van der Waals surface area contributed by atoms with Crippen LogP contribution in [0.4, 0.5) is 17.1 Å². The fraction of sp³-hybridized carbons (Fsp3) is 0.364. The number of carbonyl (C=O) groups excluding carboxylic acids is 1. The number of ether oxygens (including phenoxy) is 1. The summed E-state index contributed by atoms with van der Waals surface area (Å²) in [5, 5.41) is 12.2. The Morgan fingerprint density at radius 1 is 1.03 bits per heavy atom. The standard InChI is InChI=1S/C22H27N3O4/c1-3-21(26)23-18-10-9-16(15-17(18)22(27)28)24-11-13-25(14-12-24)19-7-5-6-8-20(19)29-4-2/h5-10,15H,3-4,11-14H2,1-2H3,(H,23,26)(H,27,28). The molecule has 2 aromatic rings. The molecule has 2 N–H and O–H groups in total. The summed E-state index contributed by atoms with van der Waals surface area (Å²) >= 11 is 0. The number of anilines is 3. The minimum absolute atomic E-state index is 0.105. The number of nitrogens with one attached hydrogen (secondary N) is 1. The number of amides is 1. The molecule has 0 atom stereocenters. The van der Waals surface area contributed by atoms with Gasteiger partial charge in [-0.25, -0.2) is 4.79 Å². The Labute approximate surface area is 170 Å². The minimum Gasteiger partial charge on any atom is -0.492 e. The summed E-state index contributed by atoms with van der Waals surface area (Å²) < 4.78 is 5.74. The molecule has 1 aliphatic heterocycles. The van der Waals surface area contributed by atoms with Gasteiger partial charge in [0, 0.05) is 38.3 Å². The van der Waals surface area contributed by atoms with Crippen LogP contribution >= 0.6 is 0 Å². The van der Waals surface area contributed by atoms with Gasteiger partial charge in [0.15, 0.2) is 0 Å². The number of carbonyl (C=O) groups is 2. The van der Waals surface area contributed by atoms with Gasteiger partial charge in [0.1, 0.15) is 5.75 Å². The maximum atomic E-state index is 11.7. The molecule has 0 unspecified atom stereocenters. The van der Waals surface area contributed by atoms with Crippen molar-refractivity contribution in [1.82, 2.24) is 0 Å². The predicted octanol–water partition coefficient (Wildman–Crippen LogP) is 3.46. The van der Waals surface area contributed by atoms with Gasteiger partial charge in [0.05, 0.1) is 23.5 Å². The fourth-order valence-electron chi connectivity index (χ4n) is 3.45. The average Bonchev–Trinajstić information content (AvgIpc) is 2.74. The van der Waals surface area contributed by atoms with Crippen LogP contribution in [-0.2, 0) is 4.79 Å². The Morgan fingerprint density at radius 3 is 2.38 bits per heavy atom. The zero-order chi connectivity index (χ0) is 20.8. The van der Waals surface area contributed by atoms with Crippen LogP contribution in [0.3, 0.4) is 0 Å². The first-order chi connectivity index (χ1) is 14.0. The van der Waals surface area contributed by atoms with E-state index in [0.717, 1.165) is 43.3 Å². The molecule has 0 radical (unpaired) electrons. The summed E-state index contributed by atoms with van der Waals surface area (Å²) in [7, 11) is 0. The molecule has 0 saturated carbocycles. The summed E-state index contributed by atoms with van der Waals surface area (Å²) in [6.45, 7) is 7.46. The second kappa shape index (κ2) is 9.32. The van der Waals surface area contributed by atoms with Crippen LogP contribution in [0.15, 0.2) is 42.5 Å². The van der Waals surface area contributed by atoms with Crippen molar-refractivity contribution in [1.29, 1.82) is 0 Å². The quantitative estimate of drug-likeness (QED) is 0.745. The molecule has 1 fully saturated rings. The van der Waals surface area contributed by atoms with E-state index in [1.165, 1.54) is 0 Å². The summed E-state index contributed by atoms with van der Waals surface area (Å²) in [6.07, 6.45) is 0.298. The lowest BCUT2D eigenvalue weighted by atomic mass is 10.1. The summed E-state index contributed by atoms with van der Waals surface area (Å²) in [6, 6.07) is 13.2. The Hall–Kier alpha value is -3.22. The summed E-state index contributed by atoms with van der Waals surface area (Å²) in [4.78, 5) is 27.8. The van der Waals surface area contributed by atoms with Gasteiger partial charge in [-0.2, -0.15) is 0 Å². The molecule has 0 aromatic heterocycles. The molecule has 29 heavy (non-hydrogen) atoms. The highest BCUT2D eigenvalue weighted by molar-refractivity contribution is 6.01. The smallest absolute Gasteiger partial charge is 0.337 e. The molecule has 7 heteroatoms. The lowest BCUT2D eigenvalue weighted by Crippen LogP contribution is -2.46. The molecule has 1 saturated heterocycles. The van der Waals surface area contributed by atoms with E-state index in [-0.39, 0.29) is 11.5 Å². The first-order valence-corrected chi connectivity index (χ1v) is 9.92. The van der Waals surface area contributed by atoms with Gasteiger partial charge in [-0.1, -0.05) is 19.1 Å². The fourth-order valence-corrected chi connectivity index (χ4v) is 3.45. The third-order valence-electron chi connectivity index (χ3n) is 4.98. The van der Waals surface area contributed by atoms with Gasteiger partial charge in [0.25, 0.3) is 0 Å². The van der Waals surface area contributed by atoms with Crippen LogP contribution in [0.25, 0.3) is 0 Å². The highest BCUT2D eigenvalue weighted by Gasteiger charge is 2.21. The van der Waals surface area contributed by atoms with Crippen LogP contribution < -0.4 is 19.9 Å². The van der Waals surface area contributed by atoms with Gasteiger partial charge in [-0.05, 0) is 37.3 Å². The first kappa shape index (κ1) is 20.5. The molecule has 3 rings (SSSR count). The monoisotopic (exact) mass is 397 g/mol. The maximum absolute atomic E-state index is 11.7. The van der Waals surface area contributed by atoms with E-state index in [4.69, 9.17) is 4.74 Å². The van der Waals surface area contributed by atoms with E-state index >= 15 is 0 Å². The van der Waals surface area contributed by atoms with E-state index < -0.39 is 5.97 Å². The van der Waals surface area contributed by atoms with Crippen molar-refractivity contribution in [3.63, 3.8) is 0 Å². The van der Waals surface area contributed by atoms with E-state index in [9.17, 15) is 14.7 Å². The van der Waals surface area contributed by atoms with Crippen molar-refractivity contribution in [3.05, 3.63) is 48.0 Å². The van der Waals surface area contributed by atoms with Crippen molar-refractivity contribution < 1.29 is 19.4 Å². The Kier molecular flexibility index (Phi) is 6.59. The Morgan fingerprint density at radius 2 is 1.72 bits per heavy atom. The molecular weight excluding hydrogens is 370 g/mol. The highest BCUT2D eigenvalue weighted by Crippen LogP contribution is 2.30. The molecule has 0 spiro atoms. The number of carboxylic acids is 1. The highest BCUT2D eigenvalue weighted by atomic mass is 16.5. The van der Waals surface area contributed by atoms with E-state index in [2.05, 4.69) is 21.2 Å². The summed E-state index contributed by atoms with van der Waals surface area (Å²) in [5.41, 5.74) is 2.36. The molecule has 1 aliphatic rings. The number of nitrogens with zero attached hydrogens (tertiary/aromatic N) is 2. The third-order valence-corrected chi connectivity index (χ3v) is 4.98. The van der Waals surface area contributed by atoms with E-state index in [1.807, 2.05) is 31.2 Å². The second-order valence-electron chi connectivity index (χ2n) is 6.81. The van der Waals surface area contributed by atoms with Crippen LogP contribution in [0.5, 0.6) is 5.75 Å². The SMILES string of the molecule is CCOc1ccccc1N1CCN(c2ccc(NC(=O)CC)c(C(=O)O)c2)CC1. The van der Waals surface area contributed by atoms with Crippen molar-refractivity contribution in [3.8, 4) is 5.75 Å².